The van der Waals surface area contributed by atoms with Gasteiger partial charge in [-0.15, -0.1) is 11.8 Å². The third-order valence-corrected chi connectivity index (χ3v) is 4.71. The third-order valence-electron chi connectivity index (χ3n) is 2.41. The molecule has 1 amide bonds. The van der Waals surface area contributed by atoms with E-state index in [1.54, 1.807) is 23.9 Å². The molecule has 1 fully saturated rings. The Bertz CT molecular complexity index is 407. The normalized spacial score (nSPS) is 19.8. The molecule has 0 bridgehead atoms. The molecule has 1 aliphatic rings. The number of carbonyl (C=O) groups is 1. The first-order valence-electron chi connectivity index (χ1n) is 5.04. The van der Waals surface area contributed by atoms with E-state index in [-0.39, 0.29) is 11.2 Å². The van der Waals surface area contributed by atoms with Crippen molar-refractivity contribution in [2.45, 2.75) is 18.1 Å². The number of carbonyl (C=O) groups excluding carboxylic acids is 1. The maximum Gasteiger partial charge on any atom is 0.237 e. The fraction of sp³-hybridized carbons (Fsp3) is 0.364. The molecule has 1 atom stereocenters. The largest absolute Gasteiger partial charge is 0.324 e. The van der Waals surface area contributed by atoms with Gasteiger partial charge in [-0.05, 0) is 52.7 Å². The predicted molar refractivity (Wildman–Crippen MR) is 73.3 cm³/mol. The number of rotatable bonds is 2. The highest BCUT2D eigenvalue weighted by Gasteiger charge is 2.23. The highest BCUT2D eigenvalue weighted by Crippen LogP contribution is 2.30. The molecule has 5 heteroatoms. The zero-order valence-corrected chi connectivity index (χ0v) is 11.7. The highest BCUT2D eigenvalue weighted by molar-refractivity contribution is 9.10. The molecule has 86 valence electrons. The van der Waals surface area contributed by atoms with Crippen molar-refractivity contribution >= 4 is 50.9 Å². The Morgan fingerprint density at radius 1 is 1.56 bits per heavy atom. The number of hydrogen-bond acceptors (Lipinski definition) is 2. The zero-order valence-electron chi connectivity index (χ0n) is 8.50. The quantitative estimate of drug-likeness (QED) is 0.894. The maximum atomic E-state index is 11.9. The number of benzene rings is 1. The van der Waals surface area contributed by atoms with Crippen LogP contribution in [0.2, 0.25) is 5.02 Å². The van der Waals surface area contributed by atoms with Gasteiger partial charge in [0.2, 0.25) is 5.91 Å². The summed E-state index contributed by atoms with van der Waals surface area (Å²) in [6, 6.07) is 5.37. The molecule has 1 heterocycles. The Morgan fingerprint density at radius 3 is 3.06 bits per heavy atom. The second-order valence-corrected chi connectivity index (χ2v) is 6.22. The fourth-order valence-corrected chi connectivity index (χ4v) is 3.27. The monoisotopic (exact) mass is 319 g/mol. The number of anilines is 1. The molecule has 1 aromatic carbocycles. The van der Waals surface area contributed by atoms with E-state index in [9.17, 15) is 4.79 Å². The molecule has 2 nitrogen and oxygen atoms in total. The standard InChI is InChI=1S/C11H11BrClNOS/c12-8-4-3-7(13)6-9(8)14-11(15)10-2-1-5-16-10/h3-4,6,10H,1-2,5H2,(H,14,15). The Balaban J connectivity index is 2.07. The van der Waals surface area contributed by atoms with E-state index < -0.39 is 0 Å². The Hall–Kier alpha value is -0.190. The average molecular weight is 321 g/mol. The van der Waals surface area contributed by atoms with Crippen LogP contribution in [0.5, 0.6) is 0 Å². The summed E-state index contributed by atoms with van der Waals surface area (Å²) in [7, 11) is 0. The van der Waals surface area contributed by atoms with Crippen molar-refractivity contribution in [2.75, 3.05) is 11.1 Å². The lowest BCUT2D eigenvalue weighted by atomic mass is 10.2. The van der Waals surface area contributed by atoms with E-state index in [1.807, 2.05) is 6.07 Å². The van der Waals surface area contributed by atoms with Crippen LogP contribution in [0.25, 0.3) is 0 Å². The zero-order chi connectivity index (χ0) is 11.5. The smallest absolute Gasteiger partial charge is 0.237 e. The van der Waals surface area contributed by atoms with E-state index in [2.05, 4.69) is 21.2 Å². The first-order chi connectivity index (χ1) is 7.66. The summed E-state index contributed by atoms with van der Waals surface area (Å²) in [6.45, 7) is 0. The van der Waals surface area contributed by atoms with E-state index in [0.717, 1.165) is 28.8 Å². The van der Waals surface area contributed by atoms with Crippen molar-refractivity contribution in [1.82, 2.24) is 0 Å². The van der Waals surface area contributed by atoms with Gasteiger partial charge in [0.05, 0.1) is 10.9 Å². The molecule has 1 N–H and O–H groups in total. The average Bonchev–Trinajstić information content (AvgIpc) is 2.76. The molecule has 16 heavy (non-hydrogen) atoms. The fourth-order valence-electron chi connectivity index (χ4n) is 1.59. The molecular weight excluding hydrogens is 310 g/mol. The van der Waals surface area contributed by atoms with Crippen molar-refractivity contribution in [3.63, 3.8) is 0 Å². The maximum absolute atomic E-state index is 11.9. The minimum absolute atomic E-state index is 0.0745. The van der Waals surface area contributed by atoms with Crippen LogP contribution in [0.1, 0.15) is 12.8 Å². The Morgan fingerprint density at radius 2 is 2.38 bits per heavy atom. The minimum atomic E-state index is 0.0745. The number of amides is 1. The van der Waals surface area contributed by atoms with Gasteiger partial charge in [-0.2, -0.15) is 0 Å². The van der Waals surface area contributed by atoms with Gasteiger partial charge in [0.15, 0.2) is 0 Å². The van der Waals surface area contributed by atoms with Crippen molar-refractivity contribution in [3.8, 4) is 0 Å². The van der Waals surface area contributed by atoms with Gasteiger partial charge >= 0.3 is 0 Å². The van der Waals surface area contributed by atoms with Gasteiger partial charge < -0.3 is 5.32 Å². The van der Waals surface area contributed by atoms with Gasteiger partial charge in [0.25, 0.3) is 0 Å². The van der Waals surface area contributed by atoms with E-state index >= 15 is 0 Å². The summed E-state index contributed by atoms with van der Waals surface area (Å²) in [5.74, 6) is 1.15. The predicted octanol–water partition coefficient (Wildman–Crippen LogP) is 3.94. The van der Waals surface area contributed by atoms with Crippen LogP contribution in [0.15, 0.2) is 22.7 Å². The minimum Gasteiger partial charge on any atom is -0.324 e. The third kappa shape index (κ3) is 2.93. The number of thioether (sulfide) groups is 1. The van der Waals surface area contributed by atoms with Crippen LogP contribution in [0.4, 0.5) is 5.69 Å². The summed E-state index contributed by atoms with van der Waals surface area (Å²) < 4.78 is 0.855. The van der Waals surface area contributed by atoms with Crippen molar-refractivity contribution in [1.29, 1.82) is 0 Å². The highest BCUT2D eigenvalue weighted by atomic mass is 79.9. The second-order valence-electron chi connectivity index (χ2n) is 3.62. The van der Waals surface area contributed by atoms with E-state index in [1.165, 1.54) is 0 Å². The Labute approximate surface area is 112 Å². The van der Waals surface area contributed by atoms with Gasteiger partial charge in [0, 0.05) is 9.50 Å². The number of hydrogen-bond donors (Lipinski definition) is 1. The van der Waals surface area contributed by atoms with Crippen molar-refractivity contribution in [2.24, 2.45) is 0 Å². The lowest BCUT2D eigenvalue weighted by Crippen LogP contribution is -2.23. The van der Waals surface area contributed by atoms with Gasteiger partial charge in [-0.3, -0.25) is 4.79 Å². The van der Waals surface area contributed by atoms with Crippen LogP contribution in [-0.2, 0) is 4.79 Å². The molecule has 1 saturated heterocycles. The van der Waals surface area contributed by atoms with E-state index in [0.29, 0.717) is 5.02 Å². The van der Waals surface area contributed by atoms with Gasteiger partial charge in [-0.25, -0.2) is 0 Å². The summed E-state index contributed by atoms with van der Waals surface area (Å²) in [5, 5.41) is 3.61. The number of halogens is 2. The summed E-state index contributed by atoms with van der Waals surface area (Å²) in [6.07, 6.45) is 2.09. The topological polar surface area (TPSA) is 29.1 Å². The molecule has 0 spiro atoms. The lowest BCUT2D eigenvalue weighted by Gasteiger charge is -2.11. The van der Waals surface area contributed by atoms with Gasteiger partial charge in [0.1, 0.15) is 0 Å². The molecule has 0 aliphatic carbocycles. The molecular formula is C11H11BrClNOS. The van der Waals surface area contributed by atoms with Crippen LogP contribution < -0.4 is 5.32 Å². The first kappa shape index (κ1) is 12.3. The van der Waals surface area contributed by atoms with Crippen molar-refractivity contribution < 1.29 is 4.79 Å². The number of nitrogens with one attached hydrogen (secondary N) is 1. The molecule has 0 saturated carbocycles. The van der Waals surface area contributed by atoms with Crippen LogP contribution >= 0.6 is 39.3 Å². The van der Waals surface area contributed by atoms with Crippen LogP contribution in [0.3, 0.4) is 0 Å². The van der Waals surface area contributed by atoms with Crippen LogP contribution in [-0.4, -0.2) is 16.9 Å². The molecule has 2 rings (SSSR count). The molecule has 1 unspecified atom stereocenters. The summed E-state index contributed by atoms with van der Waals surface area (Å²) in [4.78, 5) is 11.9. The lowest BCUT2D eigenvalue weighted by molar-refractivity contribution is -0.115. The van der Waals surface area contributed by atoms with Crippen molar-refractivity contribution in [3.05, 3.63) is 27.7 Å². The Kier molecular flexibility index (Phi) is 4.16. The molecule has 1 aliphatic heterocycles. The summed E-state index contributed by atoms with van der Waals surface area (Å²) in [5.41, 5.74) is 0.741. The SMILES string of the molecule is O=C(Nc1cc(Cl)ccc1Br)C1CCCS1. The van der Waals surface area contributed by atoms with Gasteiger partial charge in [-0.1, -0.05) is 11.6 Å². The molecule has 0 radical (unpaired) electrons. The van der Waals surface area contributed by atoms with E-state index in [4.69, 9.17) is 11.6 Å². The molecule has 0 aromatic heterocycles. The first-order valence-corrected chi connectivity index (χ1v) is 7.26. The summed E-state index contributed by atoms with van der Waals surface area (Å²) >= 11 is 11.0. The second kappa shape index (κ2) is 5.43. The molecule has 1 aromatic rings. The van der Waals surface area contributed by atoms with Crippen LogP contribution in [0, 0.1) is 0 Å².